The molecule has 5 heteroatoms. The summed E-state index contributed by atoms with van der Waals surface area (Å²) in [4.78, 5) is 4.08. The maximum absolute atomic E-state index is 5.77. The fraction of sp³-hybridized carbons (Fsp3) is 0.263. The van der Waals surface area contributed by atoms with Crippen molar-refractivity contribution in [1.29, 1.82) is 0 Å². The Morgan fingerprint density at radius 3 is 2.67 bits per heavy atom. The van der Waals surface area contributed by atoms with Crippen molar-refractivity contribution in [3.63, 3.8) is 0 Å². The van der Waals surface area contributed by atoms with Crippen molar-refractivity contribution >= 4 is 0 Å². The van der Waals surface area contributed by atoms with E-state index >= 15 is 0 Å². The largest absolute Gasteiger partial charge is 0.489 e. The summed E-state index contributed by atoms with van der Waals surface area (Å²) < 4.78 is 7.71. The Kier molecular flexibility index (Phi) is 5.58. The number of rotatable bonds is 8. The maximum atomic E-state index is 5.77. The highest BCUT2D eigenvalue weighted by molar-refractivity contribution is 5.27. The zero-order valence-corrected chi connectivity index (χ0v) is 13.8. The van der Waals surface area contributed by atoms with Gasteiger partial charge in [-0.1, -0.05) is 18.2 Å². The van der Waals surface area contributed by atoms with Gasteiger partial charge in [-0.2, -0.15) is 5.10 Å². The first-order chi connectivity index (χ1) is 11.8. The predicted molar refractivity (Wildman–Crippen MR) is 93.5 cm³/mol. The van der Waals surface area contributed by atoms with Crippen LogP contribution in [0.5, 0.6) is 5.75 Å². The summed E-state index contributed by atoms with van der Waals surface area (Å²) >= 11 is 0. The molecule has 0 saturated carbocycles. The standard InChI is InChI=1S/C19H22N4O/c1-16(14-23-11-3-10-22-23)21-13-17-5-7-19(8-6-17)24-15-18-4-2-9-20-12-18/h2-12,16,21H,13-15H2,1H3. The molecule has 0 saturated heterocycles. The van der Waals surface area contributed by atoms with Crippen LogP contribution in [-0.2, 0) is 19.7 Å². The van der Waals surface area contributed by atoms with E-state index < -0.39 is 0 Å². The average molecular weight is 322 g/mol. The molecule has 5 nitrogen and oxygen atoms in total. The molecular formula is C19H22N4O. The molecule has 1 N–H and O–H groups in total. The summed E-state index contributed by atoms with van der Waals surface area (Å²) in [6.45, 7) is 4.38. The fourth-order valence-corrected chi connectivity index (χ4v) is 2.40. The van der Waals surface area contributed by atoms with Gasteiger partial charge in [-0.15, -0.1) is 0 Å². The van der Waals surface area contributed by atoms with Crippen LogP contribution in [0.2, 0.25) is 0 Å². The van der Waals surface area contributed by atoms with Gasteiger partial charge in [0, 0.05) is 42.9 Å². The lowest BCUT2D eigenvalue weighted by atomic mass is 10.2. The summed E-state index contributed by atoms with van der Waals surface area (Å²) in [6.07, 6.45) is 7.36. The van der Waals surface area contributed by atoms with Gasteiger partial charge in [-0.05, 0) is 36.8 Å². The zero-order chi connectivity index (χ0) is 16.6. The summed E-state index contributed by atoms with van der Waals surface area (Å²) in [5, 5.41) is 7.73. The average Bonchev–Trinajstić information content (AvgIpc) is 3.13. The molecule has 0 aliphatic carbocycles. The van der Waals surface area contributed by atoms with E-state index in [1.165, 1.54) is 5.56 Å². The van der Waals surface area contributed by atoms with Gasteiger partial charge in [0.2, 0.25) is 0 Å². The number of benzene rings is 1. The molecule has 0 bridgehead atoms. The first kappa shape index (κ1) is 16.2. The Hall–Kier alpha value is -2.66. The smallest absolute Gasteiger partial charge is 0.119 e. The monoisotopic (exact) mass is 322 g/mol. The van der Waals surface area contributed by atoms with E-state index in [0.717, 1.165) is 24.4 Å². The van der Waals surface area contributed by atoms with Crippen LogP contribution in [0.3, 0.4) is 0 Å². The number of hydrogen-bond acceptors (Lipinski definition) is 4. The first-order valence-corrected chi connectivity index (χ1v) is 8.11. The van der Waals surface area contributed by atoms with E-state index in [1.807, 2.05) is 47.4 Å². The van der Waals surface area contributed by atoms with Crippen LogP contribution >= 0.6 is 0 Å². The molecule has 3 aromatic rings. The highest BCUT2D eigenvalue weighted by atomic mass is 16.5. The Morgan fingerprint density at radius 1 is 1.08 bits per heavy atom. The van der Waals surface area contributed by atoms with Gasteiger partial charge in [0.25, 0.3) is 0 Å². The second kappa shape index (κ2) is 8.26. The SMILES string of the molecule is CC(Cn1cccn1)NCc1ccc(OCc2cccnc2)cc1. The third-order valence-electron chi connectivity index (χ3n) is 3.73. The van der Waals surface area contributed by atoms with Crippen LogP contribution in [0, 0.1) is 0 Å². The van der Waals surface area contributed by atoms with Crippen molar-refractivity contribution in [1.82, 2.24) is 20.1 Å². The van der Waals surface area contributed by atoms with Crippen LogP contribution in [0.1, 0.15) is 18.1 Å². The molecule has 0 aliphatic heterocycles. The van der Waals surface area contributed by atoms with Gasteiger partial charge in [-0.3, -0.25) is 9.67 Å². The van der Waals surface area contributed by atoms with Gasteiger partial charge >= 0.3 is 0 Å². The molecule has 2 heterocycles. The summed E-state index contributed by atoms with van der Waals surface area (Å²) in [7, 11) is 0. The normalized spacial score (nSPS) is 12.0. The minimum absolute atomic E-state index is 0.353. The van der Waals surface area contributed by atoms with Crippen molar-refractivity contribution in [3.05, 3.63) is 78.4 Å². The number of pyridine rings is 1. The summed E-state index contributed by atoms with van der Waals surface area (Å²) in [5.74, 6) is 0.868. The molecule has 0 spiro atoms. The van der Waals surface area contributed by atoms with Crippen molar-refractivity contribution in [2.45, 2.75) is 32.7 Å². The van der Waals surface area contributed by atoms with Crippen molar-refractivity contribution < 1.29 is 4.74 Å². The van der Waals surface area contributed by atoms with Crippen LogP contribution in [-0.4, -0.2) is 20.8 Å². The van der Waals surface area contributed by atoms with Crippen LogP contribution in [0.25, 0.3) is 0 Å². The molecule has 0 aliphatic rings. The maximum Gasteiger partial charge on any atom is 0.119 e. The van der Waals surface area contributed by atoms with E-state index in [1.54, 1.807) is 12.4 Å². The van der Waals surface area contributed by atoms with E-state index in [-0.39, 0.29) is 0 Å². The molecule has 24 heavy (non-hydrogen) atoms. The Bertz CT molecular complexity index is 711. The molecule has 0 radical (unpaired) electrons. The Balaban J connectivity index is 1.44. The Labute approximate surface area is 142 Å². The molecule has 124 valence electrons. The fourth-order valence-electron chi connectivity index (χ4n) is 2.40. The van der Waals surface area contributed by atoms with Gasteiger partial charge in [0.05, 0.1) is 6.54 Å². The zero-order valence-electron chi connectivity index (χ0n) is 13.8. The minimum atomic E-state index is 0.353. The lowest BCUT2D eigenvalue weighted by molar-refractivity contribution is 0.305. The van der Waals surface area contributed by atoms with Crippen LogP contribution in [0.4, 0.5) is 0 Å². The van der Waals surface area contributed by atoms with E-state index in [0.29, 0.717) is 12.6 Å². The second-order valence-corrected chi connectivity index (χ2v) is 5.80. The quantitative estimate of drug-likeness (QED) is 0.692. The molecule has 0 amide bonds. The summed E-state index contributed by atoms with van der Waals surface area (Å²) in [6, 6.07) is 14.4. The topological polar surface area (TPSA) is 52.0 Å². The van der Waals surface area contributed by atoms with Gasteiger partial charge < -0.3 is 10.1 Å². The lowest BCUT2D eigenvalue weighted by Gasteiger charge is -2.14. The number of nitrogens with zero attached hydrogens (tertiary/aromatic N) is 3. The van der Waals surface area contributed by atoms with Crippen molar-refractivity contribution in [2.24, 2.45) is 0 Å². The molecule has 1 atom stereocenters. The van der Waals surface area contributed by atoms with E-state index in [2.05, 4.69) is 34.5 Å². The molecule has 3 rings (SSSR count). The molecule has 2 aromatic heterocycles. The van der Waals surface area contributed by atoms with E-state index in [4.69, 9.17) is 4.74 Å². The van der Waals surface area contributed by atoms with Crippen LogP contribution < -0.4 is 10.1 Å². The number of hydrogen-bond donors (Lipinski definition) is 1. The molecular weight excluding hydrogens is 300 g/mol. The highest BCUT2D eigenvalue weighted by Gasteiger charge is 2.03. The molecule has 1 unspecified atom stereocenters. The van der Waals surface area contributed by atoms with Gasteiger partial charge in [0.15, 0.2) is 0 Å². The van der Waals surface area contributed by atoms with Crippen LogP contribution in [0.15, 0.2) is 67.3 Å². The number of ether oxygens (including phenoxy) is 1. The lowest BCUT2D eigenvalue weighted by Crippen LogP contribution is -2.30. The Morgan fingerprint density at radius 2 is 1.96 bits per heavy atom. The van der Waals surface area contributed by atoms with E-state index in [9.17, 15) is 0 Å². The van der Waals surface area contributed by atoms with Gasteiger partial charge in [0.1, 0.15) is 12.4 Å². The minimum Gasteiger partial charge on any atom is -0.489 e. The molecule has 0 fully saturated rings. The summed E-state index contributed by atoms with van der Waals surface area (Å²) in [5.41, 5.74) is 2.30. The number of nitrogens with one attached hydrogen (secondary N) is 1. The first-order valence-electron chi connectivity index (χ1n) is 8.11. The third kappa shape index (κ3) is 4.93. The van der Waals surface area contributed by atoms with Crippen molar-refractivity contribution in [3.8, 4) is 5.75 Å². The van der Waals surface area contributed by atoms with Gasteiger partial charge in [-0.25, -0.2) is 0 Å². The third-order valence-corrected chi connectivity index (χ3v) is 3.73. The second-order valence-electron chi connectivity index (χ2n) is 5.80. The number of aromatic nitrogens is 3. The highest BCUT2D eigenvalue weighted by Crippen LogP contribution is 2.14. The predicted octanol–water partition coefficient (Wildman–Crippen LogP) is 3.04. The molecule has 1 aromatic carbocycles. The van der Waals surface area contributed by atoms with Crippen molar-refractivity contribution in [2.75, 3.05) is 0 Å².